The fourth-order valence-electron chi connectivity index (χ4n) is 3.19. The first-order valence-electron chi connectivity index (χ1n) is 8.58. The van der Waals surface area contributed by atoms with Gasteiger partial charge in [-0.2, -0.15) is 0 Å². The van der Waals surface area contributed by atoms with E-state index in [1.54, 1.807) is 23.9 Å². The van der Waals surface area contributed by atoms with Crippen LogP contribution < -0.4 is 5.32 Å². The number of halogens is 1. The Labute approximate surface area is 152 Å². The van der Waals surface area contributed by atoms with Gasteiger partial charge in [-0.15, -0.1) is 11.8 Å². The highest BCUT2D eigenvalue weighted by Gasteiger charge is 2.29. The Morgan fingerprint density at radius 1 is 1.32 bits per heavy atom. The minimum atomic E-state index is -0.349. The number of rotatable bonds is 5. The molecule has 0 aromatic heterocycles. The Hall–Kier alpha value is -1.85. The van der Waals surface area contributed by atoms with E-state index in [1.165, 1.54) is 6.07 Å². The van der Waals surface area contributed by atoms with Gasteiger partial charge in [0.2, 0.25) is 5.91 Å². The van der Waals surface area contributed by atoms with Gasteiger partial charge in [-0.3, -0.25) is 9.69 Å². The van der Waals surface area contributed by atoms with E-state index in [2.05, 4.69) is 5.32 Å². The molecule has 2 unspecified atom stereocenters. The molecular formula is C20H23FN2OS. The molecule has 2 aromatic carbocycles. The Morgan fingerprint density at radius 3 is 2.80 bits per heavy atom. The van der Waals surface area contributed by atoms with Gasteiger partial charge in [-0.05, 0) is 49.3 Å². The van der Waals surface area contributed by atoms with E-state index < -0.39 is 0 Å². The SMILES string of the molecule is CCN(C)C(C(=O)NC1CCSc2ccc(F)cc21)c1ccccc1. The van der Waals surface area contributed by atoms with Crippen LogP contribution in [0.5, 0.6) is 0 Å². The van der Waals surface area contributed by atoms with Crippen molar-refractivity contribution in [3.05, 3.63) is 65.5 Å². The number of amides is 1. The number of carbonyl (C=O) groups is 1. The Morgan fingerprint density at radius 2 is 2.08 bits per heavy atom. The molecule has 0 radical (unpaired) electrons. The number of fused-ring (bicyclic) bond motifs is 1. The number of nitrogens with zero attached hydrogens (tertiary/aromatic N) is 1. The largest absolute Gasteiger partial charge is 0.348 e. The number of hydrogen-bond acceptors (Lipinski definition) is 3. The van der Waals surface area contributed by atoms with Crippen molar-refractivity contribution in [2.75, 3.05) is 19.3 Å². The topological polar surface area (TPSA) is 32.3 Å². The molecule has 3 rings (SSSR count). The highest BCUT2D eigenvalue weighted by Crippen LogP contribution is 2.37. The lowest BCUT2D eigenvalue weighted by atomic mass is 10.0. The molecule has 3 nitrogen and oxygen atoms in total. The van der Waals surface area contributed by atoms with Gasteiger partial charge >= 0.3 is 0 Å². The summed E-state index contributed by atoms with van der Waals surface area (Å²) < 4.78 is 13.7. The molecular weight excluding hydrogens is 335 g/mol. The third-order valence-corrected chi connectivity index (χ3v) is 5.75. The van der Waals surface area contributed by atoms with Crippen molar-refractivity contribution >= 4 is 17.7 Å². The van der Waals surface area contributed by atoms with Crippen molar-refractivity contribution in [1.29, 1.82) is 0 Å². The van der Waals surface area contributed by atoms with E-state index in [-0.39, 0.29) is 23.8 Å². The Balaban J connectivity index is 1.84. The van der Waals surface area contributed by atoms with Crippen LogP contribution in [0.4, 0.5) is 4.39 Å². The molecule has 1 aliphatic rings. The van der Waals surface area contributed by atoms with Gasteiger partial charge in [0.05, 0.1) is 6.04 Å². The third kappa shape index (κ3) is 4.05. The fourth-order valence-corrected chi connectivity index (χ4v) is 4.30. The van der Waals surface area contributed by atoms with Crippen molar-refractivity contribution in [1.82, 2.24) is 10.2 Å². The van der Waals surface area contributed by atoms with Gasteiger partial charge in [0.25, 0.3) is 0 Å². The summed E-state index contributed by atoms with van der Waals surface area (Å²) in [5.41, 5.74) is 1.85. The summed E-state index contributed by atoms with van der Waals surface area (Å²) in [6.07, 6.45) is 0.810. The predicted molar refractivity (Wildman–Crippen MR) is 100 cm³/mol. The van der Waals surface area contributed by atoms with Crippen LogP contribution in [-0.2, 0) is 4.79 Å². The van der Waals surface area contributed by atoms with E-state index in [4.69, 9.17) is 0 Å². The summed E-state index contributed by atoms with van der Waals surface area (Å²) in [5.74, 6) is 0.622. The number of likely N-dealkylation sites (N-methyl/N-ethyl adjacent to an activating group) is 1. The average molecular weight is 358 g/mol. The summed E-state index contributed by atoms with van der Waals surface area (Å²) in [5, 5.41) is 3.16. The first-order valence-corrected chi connectivity index (χ1v) is 9.56. The first kappa shape index (κ1) is 18.0. The van der Waals surface area contributed by atoms with E-state index in [0.29, 0.717) is 0 Å². The number of thioether (sulfide) groups is 1. The standard InChI is InChI=1S/C20H23FN2OS/c1-3-23(2)19(14-7-5-4-6-8-14)20(24)22-17-11-12-25-18-10-9-15(21)13-16(17)18/h4-10,13,17,19H,3,11-12H2,1-2H3,(H,22,24). The van der Waals surface area contributed by atoms with Crippen LogP contribution in [0, 0.1) is 5.82 Å². The normalized spacial score (nSPS) is 17.8. The van der Waals surface area contributed by atoms with E-state index >= 15 is 0 Å². The Bertz CT molecular complexity index is 738. The number of nitrogens with one attached hydrogen (secondary N) is 1. The van der Waals surface area contributed by atoms with Crippen molar-refractivity contribution < 1.29 is 9.18 Å². The quantitative estimate of drug-likeness (QED) is 0.871. The molecule has 2 aromatic rings. The minimum Gasteiger partial charge on any atom is -0.348 e. The highest BCUT2D eigenvalue weighted by molar-refractivity contribution is 7.99. The van der Waals surface area contributed by atoms with Gasteiger partial charge in [0, 0.05) is 10.6 Å². The summed E-state index contributed by atoms with van der Waals surface area (Å²) in [4.78, 5) is 16.1. The van der Waals surface area contributed by atoms with Crippen LogP contribution >= 0.6 is 11.8 Å². The van der Waals surface area contributed by atoms with Gasteiger partial charge in [-0.25, -0.2) is 4.39 Å². The van der Waals surface area contributed by atoms with Crippen LogP contribution in [0.1, 0.15) is 36.6 Å². The second-order valence-corrected chi connectivity index (χ2v) is 7.40. The minimum absolute atomic E-state index is 0.0392. The van der Waals surface area contributed by atoms with Gasteiger partial charge < -0.3 is 5.32 Å². The smallest absolute Gasteiger partial charge is 0.242 e. The van der Waals surface area contributed by atoms with Crippen molar-refractivity contribution in [2.24, 2.45) is 0 Å². The third-order valence-electron chi connectivity index (χ3n) is 4.63. The van der Waals surface area contributed by atoms with Gasteiger partial charge in [-0.1, -0.05) is 37.3 Å². The molecule has 5 heteroatoms. The molecule has 25 heavy (non-hydrogen) atoms. The lowest BCUT2D eigenvalue weighted by Gasteiger charge is -2.31. The number of carbonyl (C=O) groups excluding carboxylic acids is 1. The zero-order valence-electron chi connectivity index (χ0n) is 14.5. The summed E-state index contributed by atoms with van der Waals surface area (Å²) in [6, 6.07) is 14.1. The summed E-state index contributed by atoms with van der Waals surface area (Å²) in [7, 11) is 1.95. The first-order chi connectivity index (χ1) is 12.1. The Kier molecular flexibility index (Phi) is 5.76. The molecule has 1 aliphatic heterocycles. The monoisotopic (exact) mass is 358 g/mol. The summed E-state index contributed by atoms with van der Waals surface area (Å²) >= 11 is 1.72. The number of hydrogen-bond donors (Lipinski definition) is 1. The maximum Gasteiger partial charge on any atom is 0.242 e. The molecule has 0 saturated heterocycles. The zero-order valence-corrected chi connectivity index (χ0v) is 15.4. The second-order valence-electron chi connectivity index (χ2n) is 6.27. The lowest BCUT2D eigenvalue weighted by Crippen LogP contribution is -2.41. The maximum absolute atomic E-state index is 13.7. The van der Waals surface area contributed by atoms with Crippen molar-refractivity contribution in [2.45, 2.75) is 30.3 Å². The van der Waals surface area contributed by atoms with Crippen LogP contribution in [0.3, 0.4) is 0 Å². The zero-order chi connectivity index (χ0) is 17.8. The molecule has 1 amide bonds. The average Bonchev–Trinajstić information content (AvgIpc) is 2.63. The molecule has 1 N–H and O–H groups in total. The maximum atomic E-state index is 13.7. The molecule has 0 spiro atoms. The van der Waals surface area contributed by atoms with Gasteiger partial charge in [0.15, 0.2) is 0 Å². The molecule has 0 bridgehead atoms. The van der Waals surface area contributed by atoms with E-state index in [1.807, 2.05) is 49.2 Å². The predicted octanol–water partition coefficient (Wildman–Crippen LogP) is 4.17. The van der Waals surface area contributed by atoms with E-state index in [0.717, 1.165) is 34.7 Å². The van der Waals surface area contributed by atoms with Crippen LogP contribution in [-0.4, -0.2) is 30.2 Å². The van der Waals surface area contributed by atoms with Crippen LogP contribution in [0.25, 0.3) is 0 Å². The molecule has 0 aliphatic carbocycles. The number of benzene rings is 2. The molecule has 132 valence electrons. The van der Waals surface area contributed by atoms with Gasteiger partial charge in [0.1, 0.15) is 11.9 Å². The molecule has 0 saturated carbocycles. The van der Waals surface area contributed by atoms with Crippen LogP contribution in [0.2, 0.25) is 0 Å². The molecule has 1 heterocycles. The molecule has 2 atom stereocenters. The van der Waals surface area contributed by atoms with Crippen LogP contribution in [0.15, 0.2) is 53.4 Å². The summed E-state index contributed by atoms with van der Waals surface area (Å²) in [6.45, 7) is 2.80. The second kappa shape index (κ2) is 8.02. The van der Waals surface area contributed by atoms with Crippen molar-refractivity contribution in [3.8, 4) is 0 Å². The van der Waals surface area contributed by atoms with Crippen molar-refractivity contribution in [3.63, 3.8) is 0 Å². The lowest BCUT2D eigenvalue weighted by molar-refractivity contribution is -0.127. The molecule has 0 fully saturated rings. The van der Waals surface area contributed by atoms with E-state index in [9.17, 15) is 9.18 Å². The fraction of sp³-hybridized carbons (Fsp3) is 0.350. The highest BCUT2D eigenvalue weighted by atomic mass is 32.2.